The number of amides is 1. The van der Waals surface area contributed by atoms with Gasteiger partial charge in [0.05, 0.1) is 11.7 Å². The van der Waals surface area contributed by atoms with Crippen molar-refractivity contribution in [3.63, 3.8) is 0 Å². The van der Waals surface area contributed by atoms with Gasteiger partial charge >= 0.3 is 5.97 Å². The lowest BCUT2D eigenvalue weighted by atomic mass is 9.89. The molecule has 0 saturated heterocycles. The standard InChI is InChI=1S/C17H23NO4/c1-12(2)21-10-6-9-18-16(20)17(3)11-13-7-4-5-8-14(13)15(19)22-17/h4-5,7-8,12H,6,9-11H2,1-3H3,(H,18,20)/t17-/m0/s1. The highest BCUT2D eigenvalue weighted by molar-refractivity contribution is 5.97. The van der Waals surface area contributed by atoms with Gasteiger partial charge in [-0.05, 0) is 38.8 Å². The van der Waals surface area contributed by atoms with Crippen molar-refractivity contribution in [2.75, 3.05) is 13.2 Å². The Labute approximate surface area is 131 Å². The summed E-state index contributed by atoms with van der Waals surface area (Å²) in [7, 11) is 0. The number of carbonyl (C=O) groups excluding carboxylic acids is 2. The highest BCUT2D eigenvalue weighted by Crippen LogP contribution is 2.28. The van der Waals surface area contributed by atoms with E-state index in [1.165, 1.54) is 0 Å². The number of cyclic esters (lactones) is 1. The van der Waals surface area contributed by atoms with Gasteiger partial charge in [0.25, 0.3) is 5.91 Å². The quantitative estimate of drug-likeness (QED) is 0.645. The molecule has 5 nitrogen and oxygen atoms in total. The first-order valence-electron chi connectivity index (χ1n) is 7.63. The first kappa shape index (κ1) is 16.5. The second kappa shape index (κ2) is 6.92. The van der Waals surface area contributed by atoms with Gasteiger partial charge < -0.3 is 14.8 Å². The van der Waals surface area contributed by atoms with Crippen LogP contribution >= 0.6 is 0 Å². The lowest BCUT2D eigenvalue weighted by molar-refractivity contribution is -0.139. The highest BCUT2D eigenvalue weighted by atomic mass is 16.6. The van der Waals surface area contributed by atoms with E-state index in [0.29, 0.717) is 25.1 Å². The molecule has 1 aliphatic rings. The van der Waals surface area contributed by atoms with Crippen LogP contribution in [0.15, 0.2) is 24.3 Å². The van der Waals surface area contributed by atoms with Crippen molar-refractivity contribution in [2.24, 2.45) is 0 Å². The number of hydrogen-bond acceptors (Lipinski definition) is 4. The zero-order chi connectivity index (χ0) is 16.2. The molecule has 0 spiro atoms. The minimum atomic E-state index is -1.15. The number of ether oxygens (including phenoxy) is 2. The monoisotopic (exact) mass is 305 g/mol. The first-order valence-corrected chi connectivity index (χ1v) is 7.63. The maximum atomic E-state index is 12.3. The lowest BCUT2D eigenvalue weighted by Crippen LogP contribution is -2.51. The Balaban J connectivity index is 1.91. The van der Waals surface area contributed by atoms with Crippen LogP contribution in [0, 0.1) is 0 Å². The molecule has 0 radical (unpaired) electrons. The second-order valence-electron chi connectivity index (χ2n) is 5.98. The van der Waals surface area contributed by atoms with Crippen molar-refractivity contribution in [2.45, 2.75) is 45.3 Å². The number of esters is 1. The number of nitrogens with one attached hydrogen (secondary N) is 1. The van der Waals surface area contributed by atoms with E-state index in [0.717, 1.165) is 12.0 Å². The summed E-state index contributed by atoms with van der Waals surface area (Å²) in [6.07, 6.45) is 1.30. The minimum absolute atomic E-state index is 0.184. The molecule has 0 saturated carbocycles. The van der Waals surface area contributed by atoms with Crippen LogP contribution in [0.1, 0.15) is 43.1 Å². The maximum Gasteiger partial charge on any atom is 0.339 e. The molecule has 1 N–H and O–H groups in total. The Morgan fingerprint density at radius 1 is 1.41 bits per heavy atom. The van der Waals surface area contributed by atoms with Crippen molar-refractivity contribution >= 4 is 11.9 Å². The Morgan fingerprint density at radius 3 is 2.86 bits per heavy atom. The van der Waals surface area contributed by atoms with E-state index in [1.54, 1.807) is 19.1 Å². The summed E-state index contributed by atoms with van der Waals surface area (Å²) in [6, 6.07) is 7.23. The molecule has 22 heavy (non-hydrogen) atoms. The van der Waals surface area contributed by atoms with E-state index in [-0.39, 0.29) is 12.0 Å². The van der Waals surface area contributed by atoms with Gasteiger partial charge in [0.2, 0.25) is 0 Å². The second-order valence-corrected chi connectivity index (χ2v) is 5.98. The molecule has 5 heteroatoms. The van der Waals surface area contributed by atoms with E-state index < -0.39 is 11.6 Å². The minimum Gasteiger partial charge on any atom is -0.445 e. The van der Waals surface area contributed by atoms with Crippen LogP contribution < -0.4 is 5.32 Å². The molecular weight excluding hydrogens is 282 g/mol. The first-order chi connectivity index (χ1) is 10.4. The largest absolute Gasteiger partial charge is 0.445 e. The van der Waals surface area contributed by atoms with Crippen LogP contribution in [0.4, 0.5) is 0 Å². The molecule has 1 aliphatic heterocycles. The van der Waals surface area contributed by atoms with Crippen molar-refractivity contribution in [1.29, 1.82) is 0 Å². The molecule has 0 fully saturated rings. The average molecular weight is 305 g/mol. The van der Waals surface area contributed by atoms with Gasteiger partial charge in [0, 0.05) is 19.6 Å². The predicted molar refractivity (Wildman–Crippen MR) is 82.7 cm³/mol. The van der Waals surface area contributed by atoms with Crippen LogP contribution in [0.25, 0.3) is 0 Å². The fraction of sp³-hybridized carbons (Fsp3) is 0.529. The van der Waals surface area contributed by atoms with Crippen molar-refractivity contribution in [3.8, 4) is 0 Å². The van der Waals surface area contributed by atoms with Gasteiger partial charge in [-0.1, -0.05) is 18.2 Å². The highest BCUT2D eigenvalue weighted by Gasteiger charge is 2.42. The summed E-state index contributed by atoms with van der Waals surface area (Å²) < 4.78 is 10.8. The van der Waals surface area contributed by atoms with Gasteiger partial charge in [0.15, 0.2) is 5.60 Å². The van der Waals surface area contributed by atoms with E-state index in [4.69, 9.17) is 9.47 Å². The Kier molecular flexibility index (Phi) is 5.19. The third-order valence-corrected chi connectivity index (χ3v) is 3.62. The SMILES string of the molecule is CC(C)OCCCNC(=O)[C@]1(C)Cc2ccccc2C(=O)O1. The van der Waals surface area contributed by atoms with E-state index in [9.17, 15) is 9.59 Å². The zero-order valence-corrected chi connectivity index (χ0v) is 13.3. The molecule has 0 bridgehead atoms. The van der Waals surface area contributed by atoms with Crippen LogP contribution in [0.3, 0.4) is 0 Å². The van der Waals surface area contributed by atoms with Crippen molar-refractivity contribution in [1.82, 2.24) is 5.32 Å². The van der Waals surface area contributed by atoms with Crippen LogP contribution in [0.2, 0.25) is 0 Å². The molecule has 120 valence electrons. The van der Waals surface area contributed by atoms with E-state index in [1.807, 2.05) is 26.0 Å². The number of benzene rings is 1. The summed E-state index contributed by atoms with van der Waals surface area (Å²) in [5, 5.41) is 2.82. The van der Waals surface area contributed by atoms with Crippen molar-refractivity contribution < 1.29 is 19.1 Å². The Hall–Kier alpha value is -1.88. The zero-order valence-electron chi connectivity index (χ0n) is 13.3. The summed E-state index contributed by atoms with van der Waals surface area (Å²) in [4.78, 5) is 24.4. The maximum absolute atomic E-state index is 12.3. The molecular formula is C17H23NO4. The van der Waals surface area contributed by atoms with Crippen LogP contribution in [0.5, 0.6) is 0 Å². The van der Waals surface area contributed by atoms with Crippen molar-refractivity contribution in [3.05, 3.63) is 35.4 Å². The van der Waals surface area contributed by atoms with Gasteiger partial charge in [-0.25, -0.2) is 4.79 Å². The summed E-state index contributed by atoms with van der Waals surface area (Å²) in [5.41, 5.74) is 0.238. The van der Waals surface area contributed by atoms with E-state index >= 15 is 0 Å². The van der Waals surface area contributed by atoms with Gasteiger partial charge in [-0.15, -0.1) is 0 Å². The smallest absolute Gasteiger partial charge is 0.339 e. The molecule has 1 atom stereocenters. The van der Waals surface area contributed by atoms with E-state index in [2.05, 4.69) is 5.32 Å². The van der Waals surface area contributed by atoms with Gasteiger partial charge in [-0.2, -0.15) is 0 Å². The van der Waals surface area contributed by atoms with Gasteiger partial charge in [-0.3, -0.25) is 4.79 Å². The third-order valence-electron chi connectivity index (χ3n) is 3.62. The lowest BCUT2D eigenvalue weighted by Gasteiger charge is -2.33. The Morgan fingerprint density at radius 2 is 2.14 bits per heavy atom. The predicted octanol–water partition coefficient (Wildman–Crippen LogP) is 2.09. The molecule has 1 amide bonds. The van der Waals surface area contributed by atoms with Crippen LogP contribution in [-0.4, -0.2) is 36.7 Å². The van der Waals surface area contributed by atoms with Crippen LogP contribution in [-0.2, 0) is 20.7 Å². The normalized spacial score (nSPS) is 20.5. The number of carbonyl (C=O) groups is 2. The number of fused-ring (bicyclic) bond motifs is 1. The molecule has 0 unspecified atom stereocenters. The molecule has 1 heterocycles. The number of hydrogen-bond donors (Lipinski definition) is 1. The van der Waals surface area contributed by atoms with Gasteiger partial charge in [0.1, 0.15) is 0 Å². The Bertz CT molecular complexity index is 555. The summed E-state index contributed by atoms with van der Waals surface area (Å²) >= 11 is 0. The summed E-state index contributed by atoms with van der Waals surface area (Å²) in [6.45, 7) is 6.69. The third kappa shape index (κ3) is 3.85. The topological polar surface area (TPSA) is 64.6 Å². The molecule has 0 aliphatic carbocycles. The summed E-state index contributed by atoms with van der Waals surface area (Å²) in [5.74, 6) is -0.706. The molecule has 1 aromatic rings. The fourth-order valence-corrected chi connectivity index (χ4v) is 2.44. The molecule has 2 rings (SSSR count). The average Bonchev–Trinajstić information content (AvgIpc) is 2.46. The number of rotatable bonds is 6. The molecule has 0 aromatic heterocycles. The fourth-order valence-electron chi connectivity index (χ4n) is 2.44. The molecule has 1 aromatic carbocycles.